The second kappa shape index (κ2) is 5.40. The number of amides is 1. The van der Waals surface area contributed by atoms with E-state index in [1.54, 1.807) is 12.1 Å². The number of carbonyl (C=O) groups is 1. The van der Waals surface area contributed by atoms with Crippen molar-refractivity contribution in [3.63, 3.8) is 0 Å². The van der Waals surface area contributed by atoms with Crippen LogP contribution in [0.15, 0.2) is 22.7 Å². The largest absolute Gasteiger partial charge is 0.349 e. The fraction of sp³-hybridized carbons (Fsp3) is 0.462. The Morgan fingerprint density at radius 2 is 2.00 bits per heavy atom. The summed E-state index contributed by atoms with van der Waals surface area (Å²) < 4.78 is 0.732. The van der Waals surface area contributed by atoms with Gasteiger partial charge in [-0.25, -0.2) is 0 Å². The van der Waals surface area contributed by atoms with Gasteiger partial charge in [0.05, 0.1) is 10.6 Å². The Labute approximate surface area is 116 Å². The van der Waals surface area contributed by atoms with Crippen molar-refractivity contribution in [1.29, 1.82) is 0 Å². The molecule has 1 rings (SSSR count). The highest BCUT2D eigenvalue weighted by atomic mass is 79.9. The van der Waals surface area contributed by atoms with Crippen molar-refractivity contribution >= 4 is 33.4 Å². The van der Waals surface area contributed by atoms with E-state index in [1.807, 2.05) is 13.0 Å². The van der Waals surface area contributed by atoms with Crippen LogP contribution in [0.5, 0.6) is 0 Å². The van der Waals surface area contributed by atoms with Gasteiger partial charge < -0.3 is 5.32 Å². The summed E-state index contributed by atoms with van der Waals surface area (Å²) >= 11 is 9.39. The van der Waals surface area contributed by atoms with Gasteiger partial charge in [-0.15, -0.1) is 0 Å². The summed E-state index contributed by atoms with van der Waals surface area (Å²) in [5.74, 6) is -0.140. The highest BCUT2D eigenvalue weighted by molar-refractivity contribution is 9.10. The van der Waals surface area contributed by atoms with E-state index in [0.29, 0.717) is 10.6 Å². The zero-order valence-corrected chi connectivity index (χ0v) is 12.8. The van der Waals surface area contributed by atoms with Crippen molar-refractivity contribution in [3.05, 3.63) is 33.3 Å². The minimum Gasteiger partial charge on any atom is -0.349 e. The van der Waals surface area contributed by atoms with Crippen molar-refractivity contribution in [3.8, 4) is 0 Å². The van der Waals surface area contributed by atoms with E-state index in [-0.39, 0.29) is 17.4 Å². The molecule has 4 heteroatoms. The van der Waals surface area contributed by atoms with Gasteiger partial charge in [0.15, 0.2) is 0 Å². The predicted octanol–water partition coefficient (Wildman–Crippen LogP) is 4.27. The van der Waals surface area contributed by atoms with Crippen LogP contribution >= 0.6 is 27.5 Å². The highest BCUT2D eigenvalue weighted by Gasteiger charge is 2.23. The van der Waals surface area contributed by atoms with E-state index in [2.05, 4.69) is 42.0 Å². The Morgan fingerprint density at radius 3 is 2.53 bits per heavy atom. The molecule has 17 heavy (non-hydrogen) atoms. The number of hydrogen-bond acceptors (Lipinski definition) is 1. The number of rotatable bonds is 2. The number of benzene rings is 1. The molecule has 94 valence electrons. The molecule has 0 saturated heterocycles. The minimum atomic E-state index is -0.140. The molecule has 1 atom stereocenters. The summed E-state index contributed by atoms with van der Waals surface area (Å²) in [6.45, 7) is 8.24. The van der Waals surface area contributed by atoms with Crippen LogP contribution in [0.25, 0.3) is 0 Å². The lowest BCUT2D eigenvalue weighted by Gasteiger charge is -2.28. The Bertz CT molecular complexity index is 426. The Morgan fingerprint density at radius 1 is 1.41 bits per heavy atom. The van der Waals surface area contributed by atoms with Crippen LogP contribution in [0, 0.1) is 5.41 Å². The van der Waals surface area contributed by atoms with Gasteiger partial charge in [0.25, 0.3) is 5.91 Å². The summed E-state index contributed by atoms with van der Waals surface area (Å²) in [5.41, 5.74) is 0.519. The minimum absolute atomic E-state index is 0.0220. The first-order valence-electron chi connectivity index (χ1n) is 5.48. The van der Waals surface area contributed by atoms with Crippen molar-refractivity contribution in [2.45, 2.75) is 33.7 Å². The Balaban J connectivity index is 2.88. The third kappa shape index (κ3) is 3.71. The summed E-state index contributed by atoms with van der Waals surface area (Å²) in [7, 11) is 0. The number of nitrogens with one attached hydrogen (secondary N) is 1. The molecule has 1 unspecified atom stereocenters. The predicted molar refractivity (Wildman–Crippen MR) is 75.5 cm³/mol. The van der Waals surface area contributed by atoms with Gasteiger partial charge in [0.1, 0.15) is 0 Å². The smallest absolute Gasteiger partial charge is 0.253 e. The van der Waals surface area contributed by atoms with E-state index in [1.165, 1.54) is 0 Å². The molecular formula is C13H17BrClNO. The normalized spacial score (nSPS) is 13.3. The van der Waals surface area contributed by atoms with Gasteiger partial charge in [-0.1, -0.05) is 38.4 Å². The first-order valence-corrected chi connectivity index (χ1v) is 6.65. The Kier molecular flexibility index (Phi) is 4.62. The topological polar surface area (TPSA) is 29.1 Å². The summed E-state index contributed by atoms with van der Waals surface area (Å²) in [4.78, 5) is 12.1. The molecule has 0 fully saturated rings. The van der Waals surface area contributed by atoms with Gasteiger partial charge in [0, 0.05) is 10.5 Å². The van der Waals surface area contributed by atoms with E-state index >= 15 is 0 Å². The third-order valence-electron chi connectivity index (χ3n) is 2.84. The molecule has 1 amide bonds. The summed E-state index contributed by atoms with van der Waals surface area (Å²) in [5, 5.41) is 3.41. The van der Waals surface area contributed by atoms with E-state index in [9.17, 15) is 4.79 Å². The number of hydrogen-bond donors (Lipinski definition) is 1. The molecule has 1 aromatic rings. The molecular weight excluding hydrogens is 302 g/mol. The van der Waals surface area contributed by atoms with E-state index < -0.39 is 0 Å². The lowest BCUT2D eigenvalue weighted by Crippen LogP contribution is -2.41. The third-order valence-corrected chi connectivity index (χ3v) is 4.14. The molecule has 0 heterocycles. The molecule has 1 N–H and O–H groups in total. The van der Waals surface area contributed by atoms with Crippen molar-refractivity contribution in [1.82, 2.24) is 5.32 Å². The van der Waals surface area contributed by atoms with Crippen LogP contribution in [0.2, 0.25) is 5.02 Å². The van der Waals surface area contributed by atoms with Crippen LogP contribution in [0.1, 0.15) is 38.1 Å². The molecule has 0 aliphatic heterocycles. The lowest BCUT2D eigenvalue weighted by molar-refractivity contribution is 0.0910. The van der Waals surface area contributed by atoms with E-state index in [4.69, 9.17) is 11.6 Å². The second-order valence-electron chi connectivity index (χ2n) is 5.16. The SMILES string of the molecule is CC(NC(=O)c1cccc(Br)c1Cl)C(C)(C)C. The monoisotopic (exact) mass is 317 g/mol. The average molecular weight is 319 g/mol. The van der Waals surface area contributed by atoms with Gasteiger partial charge in [-0.05, 0) is 40.4 Å². The first-order chi connectivity index (χ1) is 7.73. The average Bonchev–Trinajstić information content (AvgIpc) is 2.20. The van der Waals surface area contributed by atoms with Crippen molar-refractivity contribution in [2.24, 2.45) is 5.41 Å². The van der Waals surface area contributed by atoms with Crippen molar-refractivity contribution < 1.29 is 4.79 Å². The van der Waals surface area contributed by atoms with Crippen LogP contribution in [0.3, 0.4) is 0 Å². The quantitative estimate of drug-likeness (QED) is 0.867. The maximum absolute atomic E-state index is 12.1. The molecule has 0 aliphatic carbocycles. The molecule has 0 bridgehead atoms. The molecule has 1 aromatic carbocycles. The fourth-order valence-electron chi connectivity index (χ4n) is 1.17. The van der Waals surface area contributed by atoms with Gasteiger partial charge in [-0.2, -0.15) is 0 Å². The molecule has 0 aromatic heterocycles. The first kappa shape index (κ1) is 14.5. The zero-order chi connectivity index (χ0) is 13.2. The van der Waals surface area contributed by atoms with Crippen molar-refractivity contribution in [2.75, 3.05) is 0 Å². The highest BCUT2D eigenvalue weighted by Crippen LogP contribution is 2.26. The summed E-state index contributed by atoms with van der Waals surface area (Å²) in [6, 6.07) is 5.40. The number of halogens is 2. The van der Waals surface area contributed by atoms with Gasteiger partial charge in [-0.3, -0.25) is 4.79 Å². The molecule has 0 saturated carbocycles. The molecule has 0 spiro atoms. The van der Waals surface area contributed by atoms with Crippen LogP contribution in [-0.4, -0.2) is 11.9 Å². The summed E-state index contributed by atoms with van der Waals surface area (Å²) in [6.07, 6.45) is 0. The van der Waals surface area contributed by atoms with Gasteiger partial charge in [0.2, 0.25) is 0 Å². The zero-order valence-electron chi connectivity index (χ0n) is 10.5. The lowest BCUT2D eigenvalue weighted by atomic mass is 9.88. The second-order valence-corrected chi connectivity index (χ2v) is 6.39. The maximum Gasteiger partial charge on any atom is 0.253 e. The molecule has 0 aliphatic rings. The molecule has 0 radical (unpaired) electrons. The van der Waals surface area contributed by atoms with E-state index in [0.717, 1.165) is 4.47 Å². The maximum atomic E-state index is 12.1. The van der Waals surface area contributed by atoms with Gasteiger partial charge >= 0.3 is 0 Å². The number of carbonyl (C=O) groups excluding carboxylic acids is 1. The Hall–Kier alpha value is -0.540. The van der Waals surface area contributed by atoms with Crippen LogP contribution < -0.4 is 5.32 Å². The van der Waals surface area contributed by atoms with Crippen LogP contribution in [0.4, 0.5) is 0 Å². The fourth-order valence-corrected chi connectivity index (χ4v) is 1.75. The van der Waals surface area contributed by atoms with Crippen LogP contribution in [-0.2, 0) is 0 Å². The standard InChI is InChI=1S/C13H17BrClNO/c1-8(13(2,3)4)16-12(17)9-6-5-7-10(14)11(9)15/h5-8H,1-4H3,(H,16,17). The molecule has 2 nitrogen and oxygen atoms in total.